The molecule has 2 N–H and O–H groups in total. The molecular weight excluding hydrogens is 292 g/mol. The van der Waals surface area contributed by atoms with Gasteiger partial charge in [0.05, 0.1) is 24.5 Å². The first-order chi connectivity index (χ1) is 11.3. The lowest BCUT2D eigenvalue weighted by Crippen LogP contribution is -2.36. The van der Waals surface area contributed by atoms with Crippen molar-refractivity contribution >= 4 is 11.6 Å². The zero-order valence-electron chi connectivity index (χ0n) is 13.3. The van der Waals surface area contributed by atoms with Crippen LogP contribution >= 0.6 is 0 Å². The summed E-state index contributed by atoms with van der Waals surface area (Å²) in [6.07, 6.45) is 8.35. The van der Waals surface area contributed by atoms with E-state index in [9.17, 15) is 5.11 Å². The van der Waals surface area contributed by atoms with E-state index in [0.717, 1.165) is 30.3 Å². The largest absolute Gasteiger partial charge is 0.395 e. The van der Waals surface area contributed by atoms with Gasteiger partial charge < -0.3 is 10.4 Å². The predicted octanol–water partition coefficient (Wildman–Crippen LogP) is 1.84. The number of rotatable bonds is 5. The second-order valence-electron chi connectivity index (χ2n) is 5.71. The molecule has 23 heavy (non-hydrogen) atoms. The molecule has 122 valence electrons. The third kappa shape index (κ3) is 4.00. The molecule has 0 bridgehead atoms. The summed E-state index contributed by atoms with van der Waals surface area (Å²) >= 11 is 0. The Morgan fingerprint density at radius 2 is 2.17 bits per heavy atom. The molecule has 0 aromatic carbocycles. The maximum atomic E-state index is 9.29. The van der Waals surface area contributed by atoms with E-state index in [1.54, 1.807) is 18.6 Å². The summed E-state index contributed by atoms with van der Waals surface area (Å²) in [4.78, 5) is 19.6. The van der Waals surface area contributed by atoms with Crippen molar-refractivity contribution in [1.82, 2.24) is 24.8 Å². The van der Waals surface area contributed by atoms with Crippen LogP contribution in [0.4, 0.5) is 11.6 Å². The van der Waals surface area contributed by atoms with Crippen LogP contribution in [0.2, 0.25) is 0 Å². The monoisotopic (exact) mass is 314 g/mol. The number of nitrogens with one attached hydrogen (secondary N) is 1. The van der Waals surface area contributed by atoms with E-state index in [-0.39, 0.29) is 12.6 Å². The second-order valence-corrected chi connectivity index (χ2v) is 5.71. The Balaban J connectivity index is 1.84. The molecule has 1 saturated heterocycles. The topological polar surface area (TPSA) is 87.1 Å². The van der Waals surface area contributed by atoms with Gasteiger partial charge >= 0.3 is 0 Å². The van der Waals surface area contributed by atoms with Gasteiger partial charge in [0.2, 0.25) is 0 Å². The van der Waals surface area contributed by atoms with Crippen LogP contribution in [0, 0.1) is 6.92 Å². The molecule has 1 atom stereocenters. The van der Waals surface area contributed by atoms with Crippen LogP contribution in [-0.2, 0) is 0 Å². The van der Waals surface area contributed by atoms with E-state index in [4.69, 9.17) is 0 Å². The number of hydrogen-bond acceptors (Lipinski definition) is 7. The lowest BCUT2D eigenvalue weighted by Gasteiger charge is -2.35. The van der Waals surface area contributed by atoms with E-state index in [0.29, 0.717) is 12.4 Å². The van der Waals surface area contributed by atoms with Crippen LogP contribution in [0.25, 0.3) is 0 Å². The molecule has 3 heterocycles. The molecule has 2 aromatic rings. The summed E-state index contributed by atoms with van der Waals surface area (Å²) in [7, 11) is 0. The smallest absolute Gasteiger partial charge is 0.150 e. The molecule has 0 radical (unpaired) electrons. The van der Waals surface area contributed by atoms with Crippen LogP contribution < -0.4 is 5.32 Å². The van der Waals surface area contributed by atoms with Crippen LogP contribution in [0.15, 0.2) is 24.7 Å². The van der Waals surface area contributed by atoms with Gasteiger partial charge in [0, 0.05) is 25.0 Å². The van der Waals surface area contributed by atoms with Crippen molar-refractivity contribution < 1.29 is 5.11 Å². The average molecular weight is 314 g/mol. The minimum Gasteiger partial charge on any atom is -0.395 e. The zero-order valence-corrected chi connectivity index (χ0v) is 13.3. The van der Waals surface area contributed by atoms with Crippen LogP contribution in [-0.4, -0.2) is 49.6 Å². The normalized spacial score (nSPS) is 18.8. The molecule has 0 spiro atoms. The number of piperidine rings is 1. The molecular formula is C16H22N6O. The highest BCUT2D eigenvalue weighted by Crippen LogP contribution is 2.30. The van der Waals surface area contributed by atoms with Gasteiger partial charge in [-0.3, -0.25) is 9.88 Å². The Hall–Kier alpha value is -2.12. The average Bonchev–Trinajstić information content (AvgIpc) is 2.56. The van der Waals surface area contributed by atoms with Crippen LogP contribution in [0.5, 0.6) is 0 Å². The summed E-state index contributed by atoms with van der Waals surface area (Å²) in [6.45, 7) is 3.75. The van der Waals surface area contributed by atoms with E-state index >= 15 is 0 Å². The maximum Gasteiger partial charge on any atom is 0.150 e. The molecule has 7 heteroatoms. The Morgan fingerprint density at radius 3 is 2.96 bits per heavy atom. The van der Waals surface area contributed by atoms with Crippen molar-refractivity contribution in [2.24, 2.45) is 0 Å². The van der Waals surface area contributed by atoms with Crippen molar-refractivity contribution in [2.75, 3.05) is 25.0 Å². The highest BCUT2D eigenvalue weighted by Gasteiger charge is 2.25. The van der Waals surface area contributed by atoms with Gasteiger partial charge in [-0.1, -0.05) is 6.42 Å². The molecule has 0 amide bonds. The highest BCUT2D eigenvalue weighted by molar-refractivity contribution is 5.50. The van der Waals surface area contributed by atoms with Crippen molar-refractivity contribution in [3.05, 3.63) is 36.2 Å². The number of nitrogens with zero attached hydrogens (tertiary/aromatic N) is 5. The summed E-state index contributed by atoms with van der Waals surface area (Å²) in [6, 6.07) is 2.21. The minimum atomic E-state index is 0.172. The van der Waals surface area contributed by atoms with Crippen molar-refractivity contribution in [1.29, 1.82) is 0 Å². The fourth-order valence-electron chi connectivity index (χ4n) is 3.04. The minimum absolute atomic E-state index is 0.172. The number of aliphatic hydroxyl groups is 1. The lowest BCUT2D eigenvalue weighted by molar-refractivity contribution is 0.114. The number of likely N-dealkylation sites (tertiary alicyclic amines) is 1. The van der Waals surface area contributed by atoms with E-state index in [2.05, 4.69) is 30.2 Å². The van der Waals surface area contributed by atoms with E-state index < -0.39 is 0 Å². The molecule has 2 aromatic heterocycles. The number of β-amino-alcohol motifs (C(OH)–C–C–N with tert-alkyl or cyclic N) is 1. The van der Waals surface area contributed by atoms with Crippen molar-refractivity contribution in [3.63, 3.8) is 0 Å². The fourth-order valence-corrected chi connectivity index (χ4v) is 3.04. The van der Waals surface area contributed by atoms with Crippen LogP contribution in [0.3, 0.4) is 0 Å². The van der Waals surface area contributed by atoms with Gasteiger partial charge in [0.1, 0.15) is 17.5 Å². The number of aliphatic hydroxyl groups excluding tert-OH is 1. The van der Waals surface area contributed by atoms with Crippen molar-refractivity contribution in [2.45, 2.75) is 32.2 Å². The first-order valence-electron chi connectivity index (χ1n) is 8.00. The number of aromatic nitrogens is 4. The third-order valence-electron chi connectivity index (χ3n) is 4.02. The summed E-state index contributed by atoms with van der Waals surface area (Å²) in [5, 5.41) is 12.5. The second kappa shape index (κ2) is 7.43. The molecule has 1 aliphatic heterocycles. The number of anilines is 2. The first kappa shape index (κ1) is 15.8. The number of hydrogen-bond donors (Lipinski definition) is 2. The van der Waals surface area contributed by atoms with Gasteiger partial charge in [0.25, 0.3) is 0 Å². The van der Waals surface area contributed by atoms with E-state index in [1.165, 1.54) is 12.8 Å². The molecule has 3 rings (SSSR count). The Bertz CT molecular complexity index is 634. The maximum absolute atomic E-state index is 9.29. The summed E-state index contributed by atoms with van der Waals surface area (Å²) < 4.78 is 0. The Morgan fingerprint density at radius 1 is 1.26 bits per heavy atom. The standard InChI is InChI=1S/C16H22N6O/c1-12-19-13(14-4-2-3-7-22(14)8-9-23)10-15(20-12)21-16-11-17-5-6-18-16/h5-6,10-11,14,23H,2-4,7-9H2,1H3,(H,18,19,20,21). The Kier molecular flexibility index (Phi) is 5.09. The Labute approximate surface area is 135 Å². The highest BCUT2D eigenvalue weighted by atomic mass is 16.3. The number of aryl methyl sites for hydroxylation is 1. The zero-order chi connectivity index (χ0) is 16.1. The summed E-state index contributed by atoms with van der Waals surface area (Å²) in [5.41, 5.74) is 0.997. The van der Waals surface area contributed by atoms with Crippen molar-refractivity contribution in [3.8, 4) is 0 Å². The fraction of sp³-hybridized carbons (Fsp3) is 0.500. The van der Waals surface area contributed by atoms with Gasteiger partial charge in [-0.2, -0.15) is 0 Å². The summed E-state index contributed by atoms with van der Waals surface area (Å²) in [5.74, 6) is 2.11. The lowest BCUT2D eigenvalue weighted by atomic mass is 9.99. The molecule has 1 unspecified atom stereocenters. The first-order valence-corrected chi connectivity index (χ1v) is 8.00. The molecule has 1 aliphatic rings. The molecule has 7 nitrogen and oxygen atoms in total. The molecule has 0 aliphatic carbocycles. The molecule has 0 saturated carbocycles. The van der Waals surface area contributed by atoms with Gasteiger partial charge in [0.15, 0.2) is 0 Å². The SMILES string of the molecule is Cc1nc(Nc2cnccn2)cc(C2CCCCN2CCO)n1. The molecule has 1 fully saturated rings. The van der Waals surface area contributed by atoms with Gasteiger partial charge in [-0.25, -0.2) is 15.0 Å². The third-order valence-corrected chi connectivity index (χ3v) is 4.02. The van der Waals surface area contributed by atoms with E-state index in [1.807, 2.05) is 13.0 Å². The van der Waals surface area contributed by atoms with Crippen LogP contribution in [0.1, 0.15) is 36.8 Å². The van der Waals surface area contributed by atoms with Gasteiger partial charge in [-0.15, -0.1) is 0 Å². The van der Waals surface area contributed by atoms with Gasteiger partial charge in [-0.05, 0) is 26.3 Å². The quantitative estimate of drug-likeness (QED) is 0.870. The predicted molar refractivity (Wildman–Crippen MR) is 87.3 cm³/mol.